The zero-order valence-corrected chi connectivity index (χ0v) is 16.4. The first-order chi connectivity index (χ1) is 13.0. The SMILES string of the molecule is Cc1cc([C@H]2[C@H](c3ccccn3)NC(=S)N2c2ccc(O)cc2)c(C)n1C. The summed E-state index contributed by atoms with van der Waals surface area (Å²) in [7, 11) is 2.08. The molecule has 0 amide bonds. The average molecular weight is 379 g/mol. The van der Waals surface area contributed by atoms with Gasteiger partial charge in [-0.15, -0.1) is 0 Å². The zero-order valence-electron chi connectivity index (χ0n) is 15.5. The van der Waals surface area contributed by atoms with Crippen LogP contribution in [0.3, 0.4) is 0 Å². The molecule has 1 fully saturated rings. The van der Waals surface area contributed by atoms with E-state index in [0.717, 1.165) is 11.4 Å². The first-order valence-electron chi connectivity index (χ1n) is 8.90. The molecule has 1 aliphatic rings. The number of aromatic hydroxyl groups is 1. The maximum atomic E-state index is 9.68. The van der Waals surface area contributed by atoms with E-state index >= 15 is 0 Å². The van der Waals surface area contributed by atoms with Crippen molar-refractivity contribution >= 4 is 23.0 Å². The molecular formula is C21H22N4OS. The van der Waals surface area contributed by atoms with E-state index in [1.165, 1.54) is 17.0 Å². The summed E-state index contributed by atoms with van der Waals surface area (Å²) >= 11 is 5.71. The van der Waals surface area contributed by atoms with Crippen molar-refractivity contribution in [3.8, 4) is 5.75 Å². The van der Waals surface area contributed by atoms with Crippen LogP contribution in [-0.2, 0) is 7.05 Å². The molecule has 0 unspecified atom stereocenters. The van der Waals surface area contributed by atoms with E-state index in [4.69, 9.17) is 12.2 Å². The molecule has 1 aromatic carbocycles. The van der Waals surface area contributed by atoms with E-state index in [1.807, 2.05) is 36.5 Å². The molecule has 0 aliphatic carbocycles. The molecule has 0 saturated carbocycles. The summed E-state index contributed by atoms with van der Waals surface area (Å²) < 4.78 is 2.20. The van der Waals surface area contributed by atoms with Crippen LogP contribution >= 0.6 is 12.2 Å². The fourth-order valence-electron chi connectivity index (χ4n) is 3.75. The molecule has 2 atom stereocenters. The van der Waals surface area contributed by atoms with E-state index in [9.17, 15) is 5.11 Å². The standard InChI is InChI=1S/C21H22N4OS/c1-13-12-17(14(2)24(13)3)20-19(18-6-4-5-11-22-18)23-21(27)25(20)15-7-9-16(26)10-8-15/h4-12,19-20,26H,1-3H3,(H,23,27)/t19-,20-/m0/s1. The highest BCUT2D eigenvalue weighted by Crippen LogP contribution is 2.43. The molecule has 3 aromatic rings. The Kier molecular flexibility index (Phi) is 4.36. The van der Waals surface area contributed by atoms with Crippen LogP contribution in [0.15, 0.2) is 54.7 Å². The first-order valence-corrected chi connectivity index (χ1v) is 9.30. The maximum Gasteiger partial charge on any atom is 0.174 e. The molecule has 0 spiro atoms. The summed E-state index contributed by atoms with van der Waals surface area (Å²) in [6, 6.07) is 15.2. The van der Waals surface area contributed by atoms with Crippen LogP contribution in [0, 0.1) is 13.8 Å². The number of anilines is 1. The quantitative estimate of drug-likeness (QED) is 0.677. The summed E-state index contributed by atoms with van der Waals surface area (Å²) in [4.78, 5) is 6.70. The second kappa shape index (κ2) is 6.70. The van der Waals surface area contributed by atoms with E-state index < -0.39 is 0 Å². The number of aromatic nitrogens is 2. The molecule has 0 bridgehead atoms. The van der Waals surface area contributed by atoms with Crippen LogP contribution in [0.4, 0.5) is 5.69 Å². The van der Waals surface area contributed by atoms with Gasteiger partial charge in [-0.1, -0.05) is 6.07 Å². The number of benzene rings is 1. The number of pyridine rings is 1. The molecule has 1 saturated heterocycles. The Labute approximate surface area is 164 Å². The Morgan fingerprint density at radius 1 is 1.11 bits per heavy atom. The first kappa shape index (κ1) is 17.5. The predicted molar refractivity (Wildman–Crippen MR) is 111 cm³/mol. The van der Waals surface area contributed by atoms with Gasteiger partial charge < -0.3 is 19.9 Å². The summed E-state index contributed by atoms with van der Waals surface area (Å²) in [5.74, 6) is 0.237. The van der Waals surface area contributed by atoms with Crippen molar-refractivity contribution in [3.63, 3.8) is 0 Å². The number of thiocarbonyl (C=S) groups is 1. The normalized spacial score (nSPS) is 19.4. The Balaban J connectivity index is 1.87. The molecule has 3 heterocycles. The lowest BCUT2D eigenvalue weighted by molar-refractivity contribution is 0.475. The molecule has 2 N–H and O–H groups in total. The second-order valence-corrected chi connectivity index (χ2v) is 7.29. The minimum absolute atomic E-state index is 0.0307. The number of hydrogen-bond acceptors (Lipinski definition) is 3. The van der Waals surface area contributed by atoms with Gasteiger partial charge in [0.15, 0.2) is 5.11 Å². The summed E-state index contributed by atoms with van der Waals surface area (Å²) in [6.45, 7) is 4.24. The maximum absolute atomic E-state index is 9.68. The number of rotatable bonds is 3. The van der Waals surface area contributed by atoms with Crippen LogP contribution in [0.1, 0.15) is 34.7 Å². The molecule has 1 aliphatic heterocycles. The number of nitrogens with zero attached hydrogens (tertiary/aromatic N) is 3. The smallest absolute Gasteiger partial charge is 0.174 e. The van der Waals surface area contributed by atoms with Gasteiger partial charge in [-0.25, -0.2) is 0 Å². The molecule has 5 nitrogen and oxygen atoms in total. The van der Waals surface area contributed by atoms with Gasteiger partial charge in [-0.2, -0.15) is 0 Å². The van der Waals surface area contributed by atoms with E-state index in [0.29, 0.717) is 5.11 Å². The lowest BCUT2D eigenvalue weighted by Crippen LogP contribution is -2.29. The van der Waals surface area contributed by atoms with Crippen molar-refractivity contribution in [1.82, 2.24) is 14.9 Å². The number of phenols is 1. The Morgan fingerprint density at radius 2 is 1.85 bits per heavy atom. The van der Waals surface area contributed by atoms with Crippen LogP contribution in [0.5, 0.6) is 5.75 Å². The number of aryl methyl sites for hydroxylation is 1. The highest BCUT2D eigenvalue weighted by Gasteiger charge is 2.42. The van der Waals surface area contributed by atoms with Gasteiger partial charge in [0.05, 0.1) is 17.8 Å². The monoisotopic (exact) mass is 378 g/mol. The van der Waals surface area contributed by atoms with Gasteiger partial charge in [0.2, 0.25) is 0 Å². The molecular weight excluding hydrogens is 356 g/mol. The van der Waals surface area contributed by atoms with Crippen molar-refractivity contribution in [2.24, 2.45) is 7.05 Å². The fourth-order valence-corrected chi connectivity index (χ4v) is 4.09. The third kappa shape index (κ3) is 2.96. The zero-order chi connectivity index (χ0) is 19.1. The Morgan fingerprint density at radius 3 is 2.44 bits per heavy atom. The van der Waals surface area contributed by atoms with Crippen molar-refractivity contribution in [3.05, 3.63) is 77.4 Å². The second-order valence-electron chi connectivity index (χ2n) is 6.90. The van der Waals surface area contributed by atoms with Gasteiger partial charge in [-0.05, 0) is 74.1 Å². The highest BCUT2D eigenvalue weighted by molar-refractivity contribution is 7.80. The van der Waals surface area contributed by atoms with Crippen LogP contribution in [0.2, 0.25) is 0 Å². The third-order valence-corrected chi connectivity index (χ3v) is 5.67. The number of phenolic OH excluding ortho intramolecular Hbond substituents is 1. The molecule has 4 rings (SSSR count). The molecule has 2 aromatic heterocycles. The highest BCUT2D eigenvalue weighted by atomic mass is 32.1. The Bertz CT molecular complexity index is 981. The molecule has 138 valence electrons. The summed E-state index contributed by atoms with van der Waals surface area (Å²) in [5.41, 5.74) is 5.51. The van der Waals surface area contributed by atoms with Crippen LogP contribution in [-0.4, -0.2) is 19.8 Å². The summed E-state index contributed by atoms with van der Waals surface area (Å²) in [6.07, 6.45) is 1.81. The largest absolute Gasteiger partial charge is 0.508 e. The number of nitrogens with one attached hydrogen (secondary N) is 1. The van der Waals surface area contributed by atoms with Crippen molar-refractivity contribution in [1.29, 1.82) is 0 Å². The third-order valence-electron chi connectivity index (χ3n) is 5.36. The molecule has 6 heteroatoms. The molecule has 27 heavy (non-hydrogen) atoms. The Hall–Kier alpha value is -2.86. The van der Waals surface area contributed by atoms with E-state index in [1.54, 1.807) is 12.1 Å². The minimum atomic E-state index is -0.0620. The van der Waals surface area contributed by atoms with E-state index in [-0.39, 0.29) is 17.8 Å². The minimum Gasteiger partial charge on any atom is -0.508 e. The van der Waals surface area contributed by atoms with Gasteiger partial charge >= 0.3 is 0 Å². The summed E-state index contributed by atoms with van der Waals surface area (Å²) in [5, 5.41) is 13.8. The lowest BCUT2D eigenvalue weighted by Gasteiger charge is -2.28. The number of hydrogen-bond donors (Lipinski definition) is 2. The van der Waals surface area contributed by atoms with Gasteiger partial charge in [0.1, 0.15) is 5.75 Å². The van der Waals surface area contributed by atoms with E-state index in [2.05, 4.69) is 46.7 Å². The molecule has 0 radical (unpaired) electrons. The van der Waals surface area contributed by atoms with Gasteiger partial charge in [0, 0.05) is 30.3 Å². The fraction of sp³-hybridized carbons (Fsp3) is 0.238. The van der Waals surface area contributed by atoms with Crippen molar-refractivity contribution in [2.75, 3.05) is 4.90 Å². The van der Waals surface area contributed by atoms with Crippen LogP contribution in [0.25, 0.3) is 0 Å². The van der Waals surface area contributed by atoms with Crippen molar-refractivity contribution in [2.45, 2.75) is 25.9 Å². The predicted octanol–water partition coefficient (Wildman–Crippen LogP) is 3.92. The average Bonchev–Trinajstić information content (AvgIpc) is 3.14. The van der Waals surface area contributed by atoms with Gasteiger partial charge in [0.25, 0.3) is 0 Å². The van der Waals surface area contributed by atoms with Crippen molar-refractivity contribution < 1.29 is 5.11 Å². The lowest BCUT2D eigenvalue weighted by atomic mass is 9.96. The van der Waals surface area contributed by atoms with Crippen LogP contribution < -0.4 is 10.2 Å². The topological polar surface area (TPSA) is 53.3 Å². The van der Waals surface area contributed by atoms with Gasteiger partial charge in [-0.3, -0.25) is 4.98 Å².